The molecule has 5 amide bonds. The Kier molecular flexibility index (Phi) is 4.82. The molecule has 2 heterocycles. The van der Waals surface area contributed by atoms with Gasteiger partial charge in [0.05, 0.1) is 11.3 Å². The van der Waals surface area contributed by atoms with E-state index in [4.69, 9.17) is 11.6 Å². The number of hydrogen-bond donors (Lipinski definition) is 0. The standard InChI is InChI=1S/C16H8ClF2N3O5/c17-11-10(2-1-7-20-11)12(23)22-14(25)13(24)21(16(22)26)8-3-5-9(6-4-8)27-15(18)19/h1-7,15H. The van der Waals surface area contributed by atoms with E-state index in [-0.39, 0.29) is 27.1 Å². The van der Waals surface area contributed by atoms with Gasteiger partial charge in [0.1, 0.15) is 10.9 Å². The van der Waals surface area contributed by atoms with Crippen molar-refractivity contribution in [1.82, 2.24) is 9.88 Å². The average Bonchev–Trinajstić information content (AvgIpc) is 2.84. The molecule has 1 saturated heterocycles. The Balaban J connectivity index is 1.90. The van der Waals surface area contributed by atoms with Crippen LogP contribution in [0.15, 0.2) is 42.6 Å². The molecule has 1 fully saturated rings. The molecule has 0 N–H and O–H groups in total. The number of hydrogen-bond acceptors (Lipinski definition) is 6. The van der Waals surface area contributed by atoms with E-state index in [1.54, 1.807) is 0 Å². The van der Waals surface area contributed by atoms with Gasteiger partial charge in [0, 0.05) is 6.20 Å². The van der Waals surface area contributed by atoms with Crippen molar-refractivity contribution in [2.24, 2.45) is 0 Å². The number of anilines is 1. The topological polar surface area (TPSA) is 96.9 Å². The van der Waals surface area contributed by atoms with E-state index in [1.165, 1.54) is 18.3 Å². The van der Waals surface area contributed by atoms with Crippen LogP contribution in [0.2, 0.25) is 5.15 Å². The summed E-state index contributed by atoms with van der Waals surface area (Å²) in [5.41, 5.74) is -0.344. The molecule has 0 radical (unpaired) electrons. The molecule has 0 bridgehead atoms. The lowest BCUT2D eigenvalue weighted by molar-refractivity contribution is -0.138. The maximum absolute atomic E-state index is 12.5. The lowest BCUT2D eigenvalue weighted by Gasteiger charge is -2.15. The highest BCUT2D eigenvalue weighted by Crippen LogP contribution is 2.27. The third-order valence-corrected chi connectivity index (χ3v) is 3.79. The summed E-state index contributed by atoms with van der Waals surface area (Å²) in [4.78, 5) is 53.5. The number of amides is 5. The van der Waals surface area contributed by atoms with Crippen molar-refractivity contribution in [2.45, 2.75) is 6.61 Å². The number of aromatic nitrogens is 1. The minimum atomic E-state index is -3.05. The summed E-state index contributed by atoms with van der Waals surface area (Å²) in [6, 6.07) is 5.77. The first kappa shape index (κ1) is 18.4. The summed E-state index contributed by atoms with van der Waals surface area (Å²) in [6.45, 7) is -3.05. The first-order valence-corrected chi connectivity index (χ1v) is 7.61. The fourth-order valence-electron chi connectivity index (χ4n) is 2.31. The molecule has 11 heteroatoms. The number of halogens is 3. The normalized spacial score (nSPS) is 14.3. The van der Waals surface area contributed by atoms with Crippen molar-refractivity contribution < 1.29 is 32.7 Å². The number of carbonyl (C=O) groups excluding carboxylic acids is 4. The zero-order valence-electron chi connectivity index (χ0n) is 13.1. The number of urea groups is 1. The Bertz CT molecular complexity index is 951. The summed E-state index contributed by atoms with van der Waals surface area (Å²) < 4.78 is 28.5. The number of pyridine rings is 1. The fraction of sp³-hybridized carbons (Fsp3) is 0.0625. The lowest BCUT2D eigenvalue weighted by Crippen LogP contribution is -2.38. The van der Waals surface area contributed by atoms with Crippen LogP contribution in [-0.4, -0.2) is 40.2 Å². The second-order valence-corrected chi connectivity index (χ2v) is 5.44. The number of rotatable bonds is 4. The predicted octanol–water partition coefficient (Wildman–Crippen LogP) is 2.47. The van der Waals surface area contributed by atoms with E-state index in [0.717, 1.165) is 24.3 Å². The molecule has 3 rings (SSSR count). The fourth-order valence-corrected chi connectivity index (χ4v) is 2.51. The Morgan fingerprint density at radius 2 is 1.74 bits per heavy atom. The van der Waals surface area contributed by atoms with Crippen LogP contribution < -0.4 is 9.64 Å². The van der Waals surface area contributed by atoms with Crippen molar-refractivity contribution in [3.8, 4) is 5.75 Å². The van der Waals surface area contributed by atoms with Crippen LogP contribution in [0.3, 0.4) is 0 Å². The van der Waals surface area contributed by atoms with Crippen LogP contribution in [0, 0.1) is 0 Å². The monoisotopic (exact) mass is 395 g/mol. The number of imide groups is 4. The van der Waals surface area contributed by atoms with E-state index in [0.29, 0.717) is 4.90 Å². The molecule has 8 nitrogen and oxygen atoms in total. The molecule has 0 saturated carbocycles. The van der Waals surface area contributed by atoms with Crippen molar-refractivity contribution in [3.05, 3.63) is 53.3 Å². The molecule has 1 aliphatic rings. The van der Waals surface area contributed by atoms with E-state index >= 15 is 0 Å². The Hall–Kier alpha value is -3.40. The van der Waals surface area contributed by atoms with E-state index in [1.807, 2.05) is 0 Å². The molecule has 0 atom stereocenters. The summed E-state index contributed by atoms with van der Waals surface area (Å²) in [5, 5.41) is -0.248. The molecule has 0 aliphatic carbocycles. The minimum absolute atomic E-state index is 0.104. The molecule has 138 valence electrons. The van der Waals surface area contributed by atoms with E-state index in [9.17, 15) is 28.0 Å². The van der Waals surface area contributed by atoms with E-state index in [2.05, 4.69) is 9.72 Å². The summed E-state index contributed by atoms with van der Waals surface area (Å²) in [6.07, 6.45) is 1.30. The minimum Gasteiger partial charge on any atom is -0.435 e. The van der Waals surface area contributed by atoms with Crippen molar-refractivity contribution in [1.29, 1.82) is 0 Å². The molecule has 2 aromatic rings. The van der Waals surface area contributed by atoms with Crippen LogP contribution >= 0.6 is 11.6 Å². The number of nitrogens with zero attached hydrogens (tertiary/aromatic N) is 3. The third kappa shape index (κ3) is 3.34. The zero-order valence-corrected chi connectivity index (χ0v) is 13.9. The highest BCUT2D eigenvalue weighted by Gasteiger charge is 2.49. The van der Waals surface area contributed by atoms with Gasteiger partial charge in [-0.05, 0) is 36.4 Å². The Morgan fingerprint density at radius 1 is 1.07 bits per heavy atom. The molecule has 1 aromatic heterocycles. The van der Waals surface area contributed by atoms with Crippen LogP contribution in [-0.2, 0) is 9.59 Å². The number of carbonyl (C=O) groups is 4. The molecule has 0 spiro atoms. The first-order valence-electron chi connectivity index (χ1n) is 7.23. The van der Waals surface area contributed by atoms with Gasteiger partial charge in [-0.25, -0.2) is 14.7 Å². The number of alkyl halides is 2. The van der Waals surface area contributed by atoms with Gasteiger partial charge in [-0.15, -0.1) is 0 Å². The summed E-state index contributed by atoms with van der Waals surface area (Å²) >= 11 is 5.79. The largest absolute Gasteiger partial charge is 0.435 e. The smallest absolute Gasteiger partial charge is 0.387 e. The van der Waals surface area contributed by atoms with Crippen LogP contribution in [0.25, 0.3) is 0 Å². The zero-order chi connectivity index (χ0) is 19.7. The highest BCUT2D eigenvalue weighted by atomic mass is 35.5. The van der Waals surface area contributed by atoms with E-state index < -0.39 is 30.4 Å². The van der Waals surface area contributed by atoms with Gasteiger partial charge in [-0.2, -0.15) is 13.7 Å². The SMILES string of the molecule is O=C1C(=O)N(c2ccc(OC(F)F)cc2)C(=O)N1C(=O)c1cccnc1Cl. The second kappa shape index (κ2) is 7.08. The van der Waals surface area contributed by atoms with Gasteiger partial charge in [0.2, 0.25) is 0 Å². The van der Waals surface area contributed by atoms with Gasteiger partial charge < -0.3 is 4.74 Å². The van der Waals surface area contributed by atoms with Crippen molar-refractivity contribution >= 4 is 41.0 Å². The lowest BCUT2D eigenvalue weighted by atomic mass is 10.2. The van der Waals surface area contributed by atoms with Gasteiger partial charge in [0.15, 0.2) is 0 Å². The molecule has 1 aliphatic heterocycles. The first-order chi connectivity index (χ1) is 12.8. The summed E-state index contributed by atoms with van der Waals surface area (Å²) in [7, 11) is 0. The molecule has 27 heavy (non-hydrogen) atoms. The molecular formula is C16H8ClF2N3O5. The highest BCUT2D eigenvalue weighted by molar-refractivity contribution is 6.56. The van der Waals surface area contributed by atoms with Crippen LogP contribution in [0.1, 0.15) is 10.4 Å². The predicted molar refractivity (Wildman–Crippen MR) is 86.4 cm³/mol. The molecule has 1 aromatic carbocycles. The van der Waals surface area contributed by atoms with Gasteiger partial charge in [-0.3, -0.25) is 14.4 Å². The molecule has 0 unspecified atom stereocenters. The van der Waals surface area contributed by atoms with Crippen LogP contribution in [0.5, 0.6) is 5.75 Å². The maximum atomic E-state index is 12.5. The molecular weight excluding hydrogens is 388 g/mol. The number of benzene rings is 1. The Morgan fingerprint density at radius 3 is 2.33 bits per heavy atom. The quantitative estimate of drug-likeness (QED) is 0.341. The van der Waals surface area contributed by atoms with Crippen molar-refractivity contribution in [3.63, 3.8) is 0 Å². The van der Waals surface area contributed by atoms with Crippen LogP contribution in [0.4, 0.5) is 19.3 Å². The van der Waals surface area contributed by atoms with Gasteiger partial charge in [0.25, 0.3) is 5.91 Å². The van der Waals surface area contributed by atoms with Gasteiger partial charge in [-0.1, -0.05) is 11.6 Å². The maximum Gasteiger partial charge on any atom is 0.387 e. The third-order valence-electron chi connectivity index (χ3n) is 3.48. The Labute approximate surface area is 154 Å². The average molecular weight is 396 g/mol. The van der Waals surface area contributed by atoms with Crippen molar-refractivity contribution in [2.75, 3.05) is 4.90 Å². The second-order valence-electron chi connectivity index (χ2n) is 5.08. The number of ether oxygens (including phenoxy) is 1. The summed E-state index contributed by atoms with van der Waals surface area (Å²) in [5.74, 6) is -3.99. The van der Waals surface area contributed by atoms with Gasteiger partial charge >= 0.3 is 24.5 Å².